The third kappa shape index (κ3) is 3.43. The number of hydrogen-bond donors (Lipinski definition) is 0. The minimum atomic E-state index is -0.481. The largest absolute Gasteiger partial charge is 0.345 e. The number of anilines is 1. The van der Waals surface area contributed by atoms with E-state index in [0.717, 1.165) is 10.6 Å². The Morgan fingerprint density at radius 1 is 1.14 bits per heavy atom. The maximum Gasteiger partial charge on any atom is 0.270 e. The molecule has 0 spiro atoms. The van der Waals surface area contributed by atoms with Gasteiger partial charge < -0.3 is 9.80 Å². The maximum absolute atomic E-state index is 12.7. The molecule has 0 unspecified atom stereocenters. The smallest absolute Gasteiger partial charge is 0.270 e. The first-order valence-electron chi connectivity index (χ1n) is 9.09. The molecule has 0 atom stereocenters. The highest BCUT2D eigenvalue weighted by atomic mass is 32.1. The minimum Gasteiger partial charge on any atom is -0.345 e. The first-order chi connectivity index (χ1) is 13.4. The van der Waals surface area contributed by atoms with Crippen molar-refractivity contribution < 1.29 is 9.72 Å². The van der Waals surface area contributed by atoms with Crippen molar-refractivity contribution in [2.45, 2.75) is 13.8 Å². The second-order valence-electron chi connectivity index (χ2n) is 7.01. The number of fused-ring (bicyclic) bond motifs is 1. The Kier molecular flexibility index (Phi) is 4.72. The molecule has 2 aromatic carbocycles. The van der Waals surface area contributed by atoms with E-state index in [-0.39, 0.29) is 11.6 Å². The number of amides is 1. The molecular weight excluding hydrogens is 376 g/mol. The highest BCUT2D eigenvalue weighted by Gasteiger charge is 2.25. The fraction of sp³-hybridized carbons (Fsp3) is 0.300. The second kappa shape index (κ2) is 7.20. The number of aromatic nitrogens is 1. The number of nitro groups is 1. The van der Waals surface area contributed by atoms with Crippen LogP contribution in [-0.4, -0.2) is 46.9 Å². The van der Waals surface area contributed by atoms with Crippen LogP contribution < -0.4 is 4.90 Å². The highest BCUT2D eigenvalue weighted by Crippen LogP contribution is 2.32. The van der Waals surface area contributed by atoms with E-state index in [1.807, 2.05) is 0 Å². The Hall–Kier alpha value is -3.00. The van der Waals surface area contributed by atoms with Crippen LogP contribution in [-0.2, 0) is 0 Å². The summed E-state index contributed by atoms with van der Waals surface area (Å²) in [5, 5.41) is 11.9. The number of nitrogens with zero attached hydrogens (tertiary/aromatic N) is 4. The van der Waals surface area contributed by atoms with Gasteiger partial charge in [-0.1, -0.05) is 23.5 Å². The summed E-state index contributed by atoms with van der Waals surface area (Å²) in [6.45, 7) is 6.69. The predicted molar refractivity (Wildman–Crippen MR) is 110 cm³/mol. The number of nitro benzene ring substituents is 1. The Morgan fingerprint density at radius 3 is 2.61 bits per heavy atom. The zero-order chi connectivity index (χ0) is 19.8. The van der Waals surface area contributed by atoms with Crippen LogP contribution in [0, 0.1) is 24.0 Å². The number of carbonyl (C=O) groups is 1. The number of aryl methyl sites for hydroxylation is 2. The van der Waals surface area contributed by atoms with E-state index in [0.29, 0.717) is 31.7 Å². The van der Waals surface area contributed by atoms with Gasteiger partial charge in [0.05, 0.1) is 15.1 Å². The lowest BCUT2D eigenvalue weighted by Crippen LogP contribution is -2.48. The van der Waals surface area contributed by atoms with Crippen LogP contribution in [0.25, 0.3) is 10.2 Å². The highest BCUT2D eigenvalue weighted by molar-refractivity contribution is 7.22. The molecule has 144 valence electrons. The normalized spacial score (nSPS) is 14.5. The van der Waals surface area contributed by atoms with Gasteiger partial charge in [0, 0.05) is 43.9 Å². The van der Waals surface area contributed by atoms with Gasteiger partial charge in [-0.15, -0.1) is 0 Å². The number of rotatable bonds is 3. The topological polar surface area (TPSA) is 79.6 Å². The lowest BCUT2D eigenvalue weighted by atomic mass is 10.1. The van der Waals surface area contributed by atoms with Gasteiger partial charge in [0.25, 0.3) is 11.6 Å². The molecule has 7 nitrogen and oxygen atoms in total. The van der Waals surface area contributed by atoms with Gasteiger partial charge in [-0.05, 0) is 37.1 Å². The van der Waals surface area contributed by atoms with Crippen LogP contribution in [0.2, 0.25) is 0 Å². The lowest BCUT2D eigenvalue weighted by Gasteiger charge is -2.34. The van der Waals surface area contributed by atoms with Crippen LogP contribution in [0.3, 0.4) is 0 Å². The van der Waals surface area contributed by atoms with E-state index in [9.17, 15) is 14.9 Å². The summed E-state index contributed by atoms with van der Waals surface area (Å²) in [6.07, 6.45) is 0. The van der Waals surface area contributed by atoms with Gasteiger partial charge in [0.2, 0.25) is 0 Å². The first-order valence-corrected chi connectivity index (χ1v) is 9.90. The van der Waals surface area contributed by atoms with Gasteiger partial charge in [0.1, 0.15) is 0 Å². The third-order valence-corrected chi connectivity index (χ3v) is 6.22. The summed E-state index contributed by atoms with van der Waals surface area (Å²) in [7, 11) is 0. The van der Waals surface area contributed by atoms with Crippen molar-refractivity contribution in [1.82, 2.24) is 9.88 Å². The van der Waals surface area contributed by atoms with E-state index in [4.69, 9.17) is 4.98 Å². The molecule has 1 aromatic heterocycles. The van der Waals surface area contributed by atoms with Gasteiger partial charge in [-0.3, -0.25) is 14.9 Å². The Labute approximate surface area is 166 Å². The molecule has 0 bridgehead atoms. The molecular formula is C20H20N4O3S. The fourth-order valence-electron chi connectivity index (χ4n) is 3.54. The number of non-ortho nitro benzene ring substituents is 1. The summed E-state index contributed by atoms with van der Waals surface area (Å²) in [4.78, 5) is 31.9. The Morgan fingerprint density at radius 2 is 1.89 bits per heavy atom. The molecule has 1 amide bonds. The molecule has 8 heteroatoms. The van der Waals surface area contributed by atoms with Crippen molar-refractivity contribution in [2.24, 2.45) is 0 Å². The molecule has 2 heterocycles. The minimum absolute atomic E-state index is 0.0652. The Bertz CT molecular complexity index is 1070. The fourth-order valence-corrected chi connectivity index (χ4v) is 4.60. The number of piperazine rings is 1. The van der Waals surface area contributed by atoms with Crippen LogP contribution >= 0.6 is 11.3 Å². The average Bonchev–Trinajstić information content (AvgIpc) is 3.12. The van der Waals surface area contributed by atoms with Crippen LogP contribution in [0.1, 0.15) is 21.5 Å². The summed E-state index contributed by atoms with van der Waals surface area (Å²) < 4.78 is 1.20. The molecule has 1 saturated heterocycles. The van der Waals surface area contributed by atoms with E-state index in [1.54, 1.807) is 28.4 Å². The van der Waals surface area contributed by atoms with Gasteiger partial charge in [-0.25, -0.2) is 4.98 Å². The quantitative estimate of drug-likeness (QED) is 0.497. The molecule has 28 heavy (non-hydrogen) atoms. The lowest BCUT2D eigenvalue weighted by molar-refractivity contribution is -0.384. The molecule has 1 aliphatic rings. The van der Waals surface area contributed by atoms with E-state index in [1.165, 1.54) is 28.0 Å². The first kappa shape index (κ1) is 18.4. The van der Waals surface area contributed by atoms with E-state index >= 15 is 0 Å². The van der Waals surface area contributed by atoms with Crippen LogP contribution in [0.5, 0.6) is 0 Å². The number of carbonyl (C=O) groups excluding carboxylic acids is 1. The standard InChI is InChI=1S/C20H20N4O3S/c1-13-10-14(2)18-17(11-13)21-20(28-18)23-8-6-22(7-9-23)19(25)15-4-3-5-16(12-15)24(26)27/h3-5,10-12H,6-9H2,1-2H3. The average molecular weight is 396 g/mol. The molecule has 0 radical (unpaired) electrons. The van der Waals surface area contributed by atoms with Crippen molar-refractivity contribution in [3.05, 3.63) is 63.2 Å². The second-order valence-corrected chi connectivity index (χ2v) is 7.99. The van der Waals surface area contributed by atoms with E-state index in [2.05, 4.69) is 30.9 Å². The van der Waals surface area contributed by atoms with Crippen LogP contribution in [0.15, 0.2) is 36.4 Å². The third-order valence-electron chi connectivity index (χ3n) is 4.95. The molecule has 0 saturated carbocycles. The number of hydrogen-bond acceptors (Lipinski definition) is 6. The molecule has 1 fully saturated rings. The van der Waals surface area contributed by atoms with Gasteiger partial charge in [0.15, 0.2) is 5.13 Å². The van der Waals surface area contributed by atoms with Crippen molar-refractivity contribution in [3.8, 4) is 0 Å². The zero-order valence-electron chi connectivity index (χ0n) is 15.7. The van der Waals surface area contributed by atoms with Crippen molar-refractivity contribution >= 4 is 38.3 Å². The summed E-state index contributed by atoms with van der Waals surface area (Å²) >= 11 is 1.69. The van der Waals surface area contributed by atoms with Crippen molar-refractivity contribution in [1.29, 1.82) is 0 Å². The van der Waals surface area contributed by atoms with Crippen molar-refractivity contribution in [2.75, 3.05) is 31.1 Å². The van der Waals surface area contributed by atoms with Gasteiger partial charge >= 0.3 is 0 Å². The molecule has 0 aliphatic carbocycles. The van der Waals surface area contributed by atoms with Crippen molar-refractivity contribution in [3.63, 3.8) is 0 Å². The SMILES string of the molecule is Cc1cc(C)c2sc(N3CCN(C(=O)c4cccc([N+](=O)[O-])c4)CC3)nc2c1. The maximum atomic E-state index is 12.7. The Balaban J connectivity index is 1.47. The monoisotopic (exact) mass is 396 g/mol. The molecule has 3 aromatic rings. The molecule has 0 N–H and O–H groups in total. The molecule has 1 aliphatic heterocycles. The number of thiazole rings is 1. The summed E-state index contributed by atoms with van der Waals surface area (Å²) in [5.74, 6) is -0.167. The number of benzene rings is 2. The van der Waals surface area contributed by atoms with Crippen LogP contribution in [0.4, 0.5) is 10.8 Å². The van der Waals surface area contributed by atoms with Gasteiger partial charge in [-0.2, -0.15) is 0 Å². The predicted octanol–water partition coefficient (Wildman–Crippen LogP) is 3.78. The molecule has 4 rings (SSSR count). The summed E-state index contributed by atoms with van der Waals surface area (Å²) in [5.41, 5.74) is 3.75. The van der Waals surface area contributed by atoms with E-state index < -0.39 is 4.92 Å². The zero-order valence-corrected chi connectivity index (χ0v) is 16.5. The summed E-state index contributed by atoms with van der Waals surface area (Å²) in [6, 6.07) is 10.2.